The molecule has 0 aromatic heterocycles. The van der Waals surface area contributed by atoms with E-state index in [1.165, 1.54) is 6.07 Å². The quantitative estimate of drug-likeness (QED) is 0.791. The van der Waals surface area contributed by atoms with Gasteiger partial charge in [-0.2, -0.15) is 0 Å². The molecule has 2 heteroatoms. The summed E-state index contributed by atoms with van der Waals surface area (Å²) in [7, 11) is 0. The number of halogens is 1. The molecule has 0 radical (unpaired) electrons. The number of hydrogen-bond acceptors (Lipinski definition) is 1. The lowest BCUT2D eigenvalue weighted by Gasteiger charge is -2.32. The third-order valence-corrected chi connectivity index (χ3v) is 3.42. The van der Waals surface area contributed by atoms with Gasteiger partial charge in [-0.15, -0.1) is 0 Å². The predicted molar refractivity (Wildman–Crippen MR) is 62.3 cm³/mol. The van der Waals surface area contributed by atoms with E-state index in [0.29, 0.717) is 6.54 Å². The molecule has 0 bridgehead atoms. The molecule has 1 rings (SSSR count). The van der Waals surface area contributed by atoms with Crippen LogP contribution < -0.4 is 5.73 Å². The van der Waals surface area contributed by atoms with Gasteiger partial charge in [0.05, 0.1) is 0 Å². The Balaban J connectivity index is 3.13. The average molecular weight is 209 g/mol. The van der Waals surface area contributed by atoms with Gasteiger partial charge in [-0.25, -0.2) is 4.39 Å². The Hall–Kier alpha value is -0.890. The van der Waals surface area contributed by atoms with Crippen LogP contribution in [0.1, 0.15) is 38.7 Å². The summed E-state index contributed by atoms with van der Waals surface area (Å²) in [6.07, 6.45) is 2.71. The minimum absolute atomic E-state index is 0.0832. The van der Waals surface area contributed by atoms with Gasteiger partial charge in [0, 0.05) is 0 Å². The van der Waals surface area contributed by atoms with Crippen LogP contribution in [-0.2, 0) is 5.41 Å². The van der Waals surface area contributed by atoms with E-state index in [-0.39, 0.29) is 11.2 Å². The molecule has 1 aromatic rings. The van der Waals surface area contributed by atoms with Crippen molar-refractivity contribution >= 4 is 0 Å². The fourth-order valence-electron chi connectivity index (χ4n) is 2.29. The lowest BCUT2D eigenvalue weighted by Crippen LogP contribution is -2.28. The van der Waals surface area contributed by atoms with Crippen LogP contribution in [0.2, 0.25) is 0 Å². The normalized spacial score (nSPS) is 11.7. The molecule has 0 saturated carbocycles. The van der Waals surface area contributed by atoms with Crippen molar-refractivity contribution in [2.45, 2.75) is 38.5 Å². The van der Waals surface area contributed by atoms with Crippen LogP contribution in [0.25, 0.3) is 0 Å². The van der Waals surface area contributed by atoms with Crippen molar-refractivity contribution in [3.05, 3.63) is 35.6 Å². The maximum absolute atomic E-state index is 13.7. The number of nitrogens with two attached hydrogens (primary N) is 1. The second-order valence-electron chi connectivity index (χ2n) is 4.01. The van der Waals surface area contributed by atoms with E-state index >= 15 is 0 Å². The maximum Gasteiger partial charge on any atom is 0.126 e. The van der Waals surface area contributed by atoms with Crippen molar-refractivity contribution in [2.75, 3.05) is 6.54 Å². The zero-order valence-electron chi connectivity index (χ0n) is 9.59. The molecule has 0 atom stereocenters. The first-order valence-electron chi connectivity index (χ1n) is 5.65. The van der Waals surface area contributed by atoms with E-state index in [1.54, 1.807) is 6.07 Å². The molecule has 0 saturated heterocycles. The minimum Gasteiger partial charge on any atom is -0.330 e. The summed E-state index contributed by atoms with van der Waals surface area (Å²) in [6, 6.07) is 7.05. The van der Waals surface area contributed by atoms with Crippen LogP contribution in [0.4, 0.5) is 4.39 Å². The fraction of sp³-hybridized carbons (Fsp3) is 0.538. The smallest absolute Gasteiger partial charge is 0.126 e. The lowest BCUT2D eigenvalue weighted by molar-refractivity contribution is 0.355. The third kappa shape index (κ3) is 2.37. The highest BCUT2D eigenvalue weighted by Crippen LogP contribution is 2.36. The maximum atomic E-state index is 13.7. The summed E-state index contributed by atoms with van der Waals surface area (Å²) in [5.41, 5.74) is 6.37. The molecule has 0 unspecified atom stereocenters. The molecule has 0 fully saturated rings. The largest absolute Gasteiger partial charge is 0.330 e. The van der Waals surface area contributed by atoms with Crippen molar-refractivity contribution in [3.63, 3.8) is 0 Å². The fourth-order valence-corrected chi connectivity index (χ4v) is 2.29. The molecule has 0 amide bonds. The molecular weight excluding hydrogens is 189 g/mol. The molecule has 15 heavy (non-hydrogen) atoms. The first-order valence-corrected chi connectivity index (χ1v) is 5.65. The summed E-state index contributed by atoms with van der Waals surface area (Å²) < 4.78 is 13.7. The Bertz CT molecular complexity index is 305. The second kappa shape index (κ2) is 5.26. The van der Waals surface area contributed by atoms with Gasteiger partial charge in [-0.05, 0) is 42.9 Å². The molecular formula is C13H20FN. The predicted octanol–water partition coefficient (Wildman–Crippen LogP) is 3.23. The van der Waals surface area contributed by atoms with Gasteiger partial charge in [0.2, 0.25) is 0 Å². The van der Waals surface area contributed by atoms with Crippen LogP contribution in [0.3, 0.4) is 0 Å². The molecule has 0 aliphatic heterocycles. The molecule has 0 aliphatic rings. The molecule has 84 valence electrons. The molecule has 0 aliphatic carbocycles. The van der Waals surface area contributed by atoms with Crippen LogP contribution in [0.15, 0.2) is 24.3 Å². The number of benzene rings is 1. The summed E-state index contributed by atoms with van der Waals surface area (Å²) in [5.74, 6) is -0.102. The minimum atomic E-state index is -0.102. The van der Waals surface area contributed by atoms with E-state index in [0.717, 1.165) is 24.8 Å². The van der Waals surface area contributed by atoms with Crippen LogP contribution in [0, 0.1) is 5.82 Å². The van der Waals surface area contributed by atoms with Crippen LogP contribution in [-0.4, -0.2) is 6.54 Å². The topological polar surface area (TPSA) is 26.0 Å². The van der Waals surface area contributed by atoms with Crippen LogP contribution >= 0.6 is 0 Å². The standard InChI is InChI=1S/C13H20FN/c1-3-13(4-2,9-10-15)11-7-5-6-8-12(11)14/h5-8H,3-4,9-10,15H2,1-2H3. The van der Waals surface area contributed by atoms with Gasteiger partial charge in [0.1, 0.15) is 5.82 Å². The van der Waals surface area contributed by atoms with E-state index in [2.05, 4.69) is 13.8 Å². The Kier molecular flexibility index (Phi) is 4.28. The van der Waals surface area contributed by atoms with Crippen molar-refractivity contribution in [1.82, 2.24) is 0 Å². The highest BCUT2D eigenvalue weighted by atomic mass is 19.1. The van der Waals surface area contributed by atoms with Crippen LogP contribution in [0.5, 0.6) is 0 Å². The summed E-state index contributed by atoms with van der Waals surface area (Å²) in [6.45, 7) is 4.81. The zero-order valence-corrected chi connectivity index (χ0v) is 9.59. The Morgan fingerprint density at radius 1 is 1.20 bits per heavy atom. The monoisotopic (exact) mass is 209 g/mol. The van der Waals surface area contributed by atoms with Crippen molar-refractivity contribution in [3.8, 4) is 0 Å². The van der Waals surface area contributed by atoms with E-state index in [9.17, 15) is 4.39 Å². The second-order valence-corrected chi connectivity index (χ2v) is 4.01. The molecule has 1 aromatic carbocycles. The zero-order chi connectivity index (χ0) is 11.3. The van der Waals surface area contributed by atoms with Gasteiger partial charge in [0.25, 0.3) is 0 Å². The first kappa shape index (κ1) is 12.2. The molecule has 2 N–H and O–H groups in total. The SMILES string of the molecule is CCC(CC)(CCN)c1ccccc1F. The molecule has 0 spiro atoms. The third-order valence-electron chi connectivity index (χ3n) is 3.42. The summed E-state index contributed by atoms with van der Waals surface area (Å²) >= 11 is 0. The highest BCUT2D eigenvalue weighted by Gasteiger charge is 2.29. The lowest BCUT2D eigenvalue weighted by atomic mass is 9.73. The van der Waals surface area contributed by atoms with E-state index in [1.807, 2.05) is 12.1 Å². The first-order chi connectivity index (χ1) is 7.20. The van der Waals surface area contributed by atoms with Crippen molar-refractivity contribution in [1.29, 1.82) is 0 Å². The average Bonchev–Trinajstić information content (AvgIpc) is 2.27. The summed E-state index contributed by atoms with van der Waals surface area (Å²) in [5, 5.41) is 0. The Labute approximate surface area is 91.5 Å². The van der Waals surface area contributed by atoms with Crippen molar-refractivity contribution in [2.24, 2.45) is 5.73 Å². The molecule has 0 heterocycles. The van der Waals surface area contributed by atoms with Gasteiger partial charge >= 0.3 is 0 Å². The van der Waals surface area contributed by atoms with Gasteiger partial charge in [-0.1, -0.05) is 32.0 Å². The Morgan fingerprint density at radius 3 is 2.27 bits per heavy atom. The van der Waals surface area contributed by atoms with Crippen molar-refractivity contribution < 1.29 is 4.39 Å². The Morgan fingerprint density at radius 2 is 1.80 bits per heavy atom. The molecule has 1 nitrogen and oxygen atoms in total. The summed E-state index contributed by atoms with van der Waals surface area (Å²) in [4.78, 5) is 0. The van der Waals surface area contributed by atoms with Gasteiger partial charge in [0.15, 0.2) is 0 Å². The number of rotatable bonds is 5. The number of hydrogen-bond donors (Lipinski definition) is 1. The van der Waals surface area contributed by atoms with E-state index < -0.39 is 0 Å². The van der Waals surface area contributed by atoms with Gasteiger partial charge in [-0.3, -0.25) is 0 Å². The van der Waals surface area contributed by atoms with E-state index in [4.69, 9.17) is 5.73 Å². The van der Waals surface area contributed by atoms with Gasteiger partial charge < -0.3 is 5.73 Å². The highest BCUT2D eigenvalue weighted by molar-refractivity contribution is 5.27.